The molecule has 2 aromatic rings. The molecule has 0 bridgehead atoms. The third kappa shape index (κ3) is 3.44. The maximum atomic E-state index is 11.0. The molecule has 0 aliphatic heterocycles. The van der Waals surface area contributed by atoms with Crippen LogP contribution in [0, 0.1) is 5.92 Å². The summed E-state index contributed by atoms with van der Waals surface area (Å²) in [6, 6.07) is 8.33. The molecule has 1 aromatic carbocycles. The van der Waals surface area contributed by atoms with Gasteiger partial charge >= 0.3 is 5.97 Å². The number of carbonyl (C=O) groups is 1. The van der Waals surface area contributed by atoms with Gasteiger partial charge in [-0.2, -0.15) is 0 Å². The first-order valence-electron chi connectivity index (χ1n) is 8.30. The summed E-state index contributed by atoms with van der Waals surface area (Å²) in [4.78, 5) is 20.4. The maximum absolute atomic E-state index is 11.0. The number of benzene rings is 1. The molecule has 1 saturated carbocycles. The van der Waals surface area contributed by atoms with Gasteiger partial charge in [-0.3, -0.25) is 4.79 Å². The van der Waals surface area contributed by atoms with Crippen molar-refractivity contribution in [1.29, 1.82) is 0 Å². The highest BCUT2D eigenvalue weighted by molar-refractivity contribution is 5.82. The standard InChI is InChI=1S/C18H23N3O2/c1-11(2)16-14-5-3-4-6-15(14)20-18(21-16)19-13-9-7-12(8-10-13)17(22)23/h3-6,11-13H,7-10H2,1-2H3,(H,22,23)(H,19,20,21). The Morgan fingerprint density at radius 3 is 2.52 bits per heavy atom. The average Bonchev–Trinajstić information content (AvgIpc) is 2.54. The summed E-state index contributed by atoms with van der Waals surface area (Å²) < 4.78 is 0. The fourth-order valence-electron chi connectivity index (χ4n) is 3.27. The van der Waals surface area contributed by atoms with Gasteiger partial charge in [-0.15, -0.1) is 0 Å². The molecule has 122 valence electrons. The lowest BCUT2D eigenvalue weighted by Gasteiger charge is -2.27. The molecule has 0 saturated heterocycles. The van der Waals surface area contributed by atoms with E-state index < -0.39 is 5.97 Å². The van der Waals surface area contributed by atoms with E-state index in [-0.39, 0.29) is 12.0 Å². The zero-order valence-corrected chi connectivity index (χ0v) is 13.6. The predicted molar refractivity (Wildman–Crippen MR) is 90.6 cm³/mol. The first kappa shape index (κ1) is 15.7. The van der Waals surface area contributed by atoms with Crippen LogP contribution >= 0.6 is 0 Å². The van der Waals surface area contributed by atoms with E-state index in [1.54, 1.807) is 0 Å². The van der Waals surface area contributed by atoms with Gasteiger partial charge in [0.2, 0.25) is 5.95 Å². The highest BCUT2D eigenvalue weighted by Gasteiger charge is 2.26. The molecule has 5 heteroatoms. The molecule has 3 rings (SSSR count). The van der Waals surface area contributed by atoms with Crippen molar-refractivity contribution in [3.05, 3.63) is 30.0 Å². The third-order valence-electron chi connectivity index (χ3n) is 4.59. The zero-order chi connectivity index (χ0) is 16.4. The van der Waals surface area contributed by atoms with Gasteiger partial charge in [0, 0.05) is 11.4 Å². The lowest BCUT2D eigenvalue weighted by molar-refractivity contribution is -0.142. The second-order valence-corrected chi connectivity index (χ2v) is 6.64. The number of carboxylic acid groups (broad SMARTS) is 1. The van der Waals surface area contributed by atoms with Crippen LogP contribution in [0.2, 0.25) is 0 Å². The van der Waals surface area contributed by atoms with Crippen LogP contribution in [0.25, 0.3) is 10.9 Å². The molecule has 0 radical (unpaired) electrons. The summed E-state index contributed by atoms with van der Waals surface area (Å²) >= 11 is 0. The van der Waals surface area contributed by atoms with Gasteiger partial charge in [-0.05, 0) is 37.7 Å². The molecule has 23 heavy (non-hydrogen) atoms. The van der Waals surface area contributed by atoms with Gasteiger partial charge < -0.3 is 10.4 Å². The van der Waals surface area contributed by atoms with Crippen LogP contribution in [0.4, 0.5) is 5.95 Å². The molecule has 1 aliphatic carbocycles. The van der Waals surface area contributed by atoms with Crippen molar-refractivity contribution in [3.63, 3.8) is 0 Å². The summed E-state index contributed by atoms with van der Waals surface area (Å²) in [6.07, 6.45) is 3.14. The maximum Gasteiger partial charge on any atom is 0.306 e. The smallest absolute Gasteiger partial charge is 0.306 e. The molecule has 5 nitrogen and oxygen atoms in total. The van der Waals surface area contributed by atoms with Crippen molar-refractivity contribution in [2.45, 2.75) is 51.5 Å². The molecule has 2 N–H and O–H groups in total. The molecule has 0 atom stereocenters. The number of carboxylic acids is 1. The fourth-order valence-corrected chi connectivity index (χ4v) is 3.27. The van der Waals surface area contributed by atoms with Crippen molar-refractivity contribution in [2.24, 2.45) is 5.92 Å². The van der Waals surface area contributed by atoms with Crippen molar-refractivity contribution in [3.8, 4) is 0 Å². The molecule has 1 heterocycles. The molecule has 1 aliphatic rings. The van der Waals surface area contributed by atoms with E-state index >= 15 is 0 Å². The minimum atomic E-state index is -0.674. The quantitative estimate of drug-likeness (QED) is 0.897. The second kappa shape index (κ2) is 6.52. The van der Waals surface area contributed by atoms with Crippen molar-refractivity contribution in [1.82, 2.24) is 9.97 Å². The second-order valence-electron chi connectivity index (χ2n) is 6.64. The van der Waals surface area contributed by atoms with Gasteiger partial charge in [-0.1, -0.05) is 32.0 Å². The number of nitrogens with one attached hydrogen (secondary N) is 1. The molecule has 0 amide bonds. The Morgan fingerprint density at radius 1 is 1.17 bits per heavy atom. The van der Waals surface area contributed by atoms with E-state index in [0.717, 1.165) is 42.3 Å². The Morgan fingerprint density at radius 2 is 1.87 bits per heavy atom. The molecule has 1 aromatic heterocycles. The summed E-state index contributed by atoms with van der Waals surface area (Å²) in [7, 11) is 0. The van der Waals surface area contributed by atoms with Gasteiger partial charge in [0.25, 0.3) is 0 Å². The largest absolute Gasteiger partial charge is 0.481 e. The number of aromatic nitrogens is 2. The highest BCUT2D eigenvalue weighted by Crippen LogP contribution is 2.28. The highest BCUT2D eigenvalue weighted by atomic mass is 16.4. The first-order chi connectivity index (χ1) is 11.0. The summed E-state index contributed by atoms with van der Waals surface area (Å²) in [5.41, 5.74) is 2.00. The van der Waals surface area contributed by atoms with E-state index in [9.17, 15) is 4.79 Å². The Labute approximate surface area is 136 Å². The number of para-hydroxylation sites is 1. The minimum Gasteiger partial charge on any atom is -0.481 e. The average molecular weight is 313 g/mol. The number of rotatable bonds is 4. The Hall–Kier alpha value is -2.17. The molecular weight excluding hydrogens is 290 g/mol. The van der Waals surface area contributed by atoms with Gasteiger partial charge in [0.05, 0.1) is 17.1 Å². The van der Waals surface area contributed by atoms with Crippen molar-refractivity contribution < 1.29 is 9.90 Å². The van der Waals surface area contributed by atoms with Crippen LogP contribution in [0.5, 0.6) is 0 Å². The molecule has 0 spiro atoms. The Bertz CT molecular complexity index is 706. The van der Waals surface area contributed by atoms with Crippen LogP contribution in [0.15, 0.2) is 24.3 Å². The number of anilines is 1. The van der Waals surface area contributed by atoms with E-state index in [0.29, 0.717) is 11.9 Å². The lowest BCUT2D eigenvalue weighted by Crippen LogP contribution is -2.30. The van der Waals surface area contributed by atoms with Gasteiger partial charge in [0.15, 0.2) is 0 Å². The van der Waals surface area contributed by atoms with E-state index in [2.05, 4.69) is 30.2 Å². The summed E-state index contributed by atoms with van der Waals surface area (Å²) in [6.45, 7) is 4.27. The SMILES string of the molecule is CC(C)c1nc(NC2CCC(C(=O)O)CC2)nc2ccccc12. The van der Waals surface area contributed by atoms with E-state index in [4.69, 9.17) is 10.1 Å². The van der Waals surface area contributed by atoms with Gasteiger partial charge in [-0.25, -0.2) is 9.97 Å². The molecule has 1 fully saturated rings. The number of fused-ring (bicyclic) bond motifs is 1. The molecular formula is C18H23N3O2. The lowest BCUT2D eigenvalue weighted by atomic mass is 9.86. The Kier molecular flexibility index (Phi) is 4.46. The monoisotopic (exact) mass is 313 g/mol. The normalized spacial score (nSPS) is 21.5. The minimum absolute atomic E-state index is 0.197. The third-order valence-corrected chi connectivity index (χ3v) is 4.59. The number of hydrogen-bond acceptors (Lipinski definition) is 4. The zero-order valence-electron chi connectivity index (χ0n) is 13.6. The van der Waals surface area contributed by atoms with Crippen molar-refractivity contribution >= 4 is 22.8 Å². The van der Waals surface area contributed by atoms with Crippen LogP contribution < -0.4 is 5.32 Å². The fraction of sp³-hybridized carbons (Fsp3) is 0.500. The van der Waals surface area contributed by atoms with E-state index in [1.807, 2.05) is 18.2 Å². The number of nitrogens with zero attached hydrogens (tertiary/aromatic N) is 2. The van der Waals surface area contributed by atoms with Crippen LogP contribution in [-0.2, 0) is 4.79 Å². The topological polar surface area (TPSA) is 75.1 Å². The number of hydrogen-bond donors (Lipinski definition) is 2. The van der Waals surface area contributed by atoms with Crippen LogP contribution in [0.3, 0.4) is 0 Å². The Balaban J connectivity index is 1.80. The first-order valence-corrected chi connectivity index (χ1v) is 8.30. The van der Waals surface area contributed by atoms with Crippen molar-refractivity contribution in [2.75, 3.05) is 5.32 Å². The van der Waals surface area contributed by atoms with Crippen LogP contribution in [-0.4, -0.2) is 27.1 Å². The van der Waals surface area contributed by atoms with Gasteiger partial charge in [0.1, 0.15) is 0 Å². The summed E-state index contributed by atoms with van der Waals surface area (Å²) in [5.74, 6) is 0.113. The van der Waals surface area contributed by atoms with E-state index in [1.165, 1.54) is 0 Å². The number of aliphatic carboxylic acids is 1. The van der Waals surface area contributed by atoms with Crippen LogP contribution in [0.1, 0.15) is 51.1 Å². The molecule has 0 unspecified atom stereocenters. The predicted octanol–water partition coefficient (Wildman–Crippen LogP) is 3.81. The summed E-state index contributed by atoms with van der Waals surface area (Å²) in [5, 5.41) is 13.6.